The van der Waals surface area contributed by atoms with Crippen LogP contribution in [-0.2, 0) is 16.0 Å². The molecule has 6 heteroatoms. The van der Waals surface area contributed by atoms with Crippen LogP contribution < -0.4 is 0 Å². The largest absolute Gasteiger partial charge is 0.450 e. The quantitative estimate of drug-likeness (QED) is 0.855. The van der Waals surface area contributed by atoms with Gasteiger partial charge < -0.3 is 14.5 Å². The molecule has 0 radical (unpaired) electrons. The Bertz CT molecular complexity index is 528. The molecule has 1 aromatic rings. The lowest BCUT2D eigenvalue weighted by Gasteiger charge is -2.34. The molecule has 0 spiro atoms. The summed E-state index contributed by atoms with van der Waals surface area (Å²) in [5.41, 5.74) is 0.818. The van der Waals surface area contributed by atoms with Crippen molar-refractivity contribution in [3.05, 3.63) is 35.6 Å². The van der Waals surface area contributed by atoms with E-state index in [-0.39, 0.29) is 17.8 Å². The topological polar surface area (TPSA) is 49.9 Å². The van der Waals surface area contributed by atoms with Crippen molar-refractivity contribution in [1.29, 1.82) is 0 Å². The minimum absolute atomic E-state index is 0.0350. The molecule has 1 fully saturated rings. The van der Waals surface area contributed by atoms with E-state index in [1.807, 2.05) is 6.07 Å². The summed E-state index contributed by atoms with van der Waals surface area (Å²) < 4.78 is 18.0. The average Bonchev–Trinajstić information content (AvgIpc) is 2.53. The second kappa shape index (κ2) is 7.77. The molecule has 0 aliphatic carbocycles. The highest BCUT2D eigenvalue weighted by Crippen LogP contribution is 2.10. The maximum Gasteiger partial charge on any atom is 0.409 e. The normalized spacial score (nSPS) is 14.8. The highest BCUT2D eigenvalue weighted by atomic mass is 19.1. The van der Waals surface area contributed by atoms with Crippen molar-refractivity contribution in [2.45, 2.75) is 19.8 Å². The summed E-state index contributed by atoms with van der Waals surface area (Å²) in [6.45, 7) is 4.13. The number of nitrogens with zero attached hydrogens (tertiary/aromatic N) is 2. The van der Waals surface area contributed by atoms with Crippen LogP contribution in [0.1, 0.15) is 18.9 Å². The predicted molar refractivity (Wildman–Crippen MR) is 79.9 cm³/mol. The monoisotopic (exact) mass is 308 g/mol. The first-order chi connectivity index (χ1) is 10.6. The number of benzene rings is 1. The van der Waals surface area contributed by atoms with Gasteiger partial charge in [0.05, 0.1) is 6.61 Å². The zero-order valence-electron chi connectivity index (χ0n) is 12.8. The fourth-order valence-electron chi connectivity index (χ4n) is 2.46. The molecule has 120 valence electrons. The van der Waals surface area contributed by atoms with E-state index in [4.69, 9.17) is 4.74 Å². The lowest BCUT2D eigenvalue weighted by atomic mass is 10.1. The second-order valence-electron chi connectivity index (χ2n) is 5.20. The van der Waals surface area contributed by atoms with Gasteiger partial charge in [-0.15, -0.1) is 0 Å². The second-order valence-corrected chi connectivity index (χ2v) is 5.20. The summed E-state index contributed by atoms with van der Waals surface area (Å²) >= 11 is 0. The molecule has 0 bridgehead atoms. The van der Waals surface area contributed by atoms with Crippen LogP contribution in [0.2, 0.25) is 0 Å². The molecule has 1 aromatic carbocycles. The third-order valence-electron chi connectivity index (χ3n) is 3.67. The number of carbonyl (C=O) groups is 2. The Balaban J connectivity index is 1.76. The first-order valence-corrected chi connectivity index (χ1v) is 7.54. The number of halogens is 1. The number of ether oxygens (including phenoxy) is 1. The molecule has 0 unspecified atom stereocenters. The molecule has 1 aliphatic heterocycles. The number of piperazine rings is 1. The van der Waals surface area contributed by atoms with Gasteiger partial charge in [-0.2, -0.15) is 0 Å². The fraction of sp³-hybridized carbons (Fsp3) is 0.500. The summed E-state index contributed by atoms with van der Waals surface area (Å²) in [6, 6.07) is 6.30. The molecular formula is C16H21FN2O3. The maximum atomic E-state index is 13.1. The first kappa shape index (κ1) is 16.3. The third kappa shape index (κ3) is 4.44. The van der Waals surface area contributed by atoms with Crippen molar-refractivity contribution in [3.63, 3.8) is 0 Å². The maximum absolute atomic E-state index is 13.1. The van der Waals surface area contributed by atoms with Gasteiger partial charge >= 0.3 is 6.09 Å². The van der Waals surface area contributed by atoms with Gasteiger partial charge in [-0.25, -0.2) is 9.18 Å². The van der Waals surface area contributed by atoms with E-state index >= 15 is 0 Å². The van der Waals surface area contributed by atoms with E-state index in [9.17, 15) is 14.0 Å². The Morgan fingerprint density at radius 3 is 2.50 bits per heavy atom. The molecule has 5 nitrogen and oxygen atoms in total. The van der Waals surface area contributed by atoms with Crippen LogP contribution in [0.3, 0.4) is 0 Å². The minimum atomic E-state index is -0.325. The van der Waals surface area contributed by atoms with Gasteiger partial charge in [0.15, 0.2) is 0 Å². The van der Waals surface area contributed by atoms with Crippen LogP contribution in [0.25, 0.3) is 0 Å². The highest BCUT2D eigenvalue weighted by molar-refractivity contribution is 5.77. The van der Waals surface area contributed by atoms with Gasteiger partial charge in [-0.3, -0.25) is 4.79 Å². The molecule has 0 saturated carbocycles. The molecule has 0 atom stereocenters. The Kier molecular flexibility index (Phi) is 5.75. The summed E-state index contributed by atoms with van der Waals surface area (Å²) in [6.07, 6.45) is 0.548. The molecule has 22 heavy (non-hydrogen) atoms. The number of amides is 2. The minimum Gasteiger partial charge on any atom is -0.450 e. The van der Waals surface area contributed by atoms with Crippen LogP contribution in [0.15, 0.2) is 24.3 Å². The van der Waals surface area contributed by atoms with Crippen LogP contribution in [0, 0.1) is 5.82 Å². The Morgan fingerprint density at radius 2 is 1.86 bits per heavy atom. The van der Waals surface area contributed by atoms with Crippen molar-refractivity contribution in [1.82, 2.24) is 9.80 Å². The molecule has 0 aromatic heterocycles. The molecular weight excluding hydrogens is 287 g/mol. The van der Waals surface area contributed by atoms with E-state index in [0.717, 1.165) is 5.56 Å². The predicted octanol–water partition coefficient (Wildman–Crippen LogP) is 2.06. The van der Waals surface area contributed by atoms with E-state index < -0.39 is 0 Å². The number of rotatable bonds is 4. The molecule has 1 saturated heterocycles. The van der Waals surface area contributed by atoms with Crippen molar-refractivity contribution in [2.75, 3.05) is 32.8 Å². The van der Waals surface area contributed by atoms with Crippen molar-refractivity contribution >= 4 is 12.0 Å². The standard InChI is InChI=1S/C16H21FN2O3/c1-2-22-16(21)19-10-8-18(9-11-19)15(20)7-6-13-4-3-5-14(17)12-13/h3-5,12H,2,6-11H2,1H3. The van der Waals surface area contributed by atoms with Gasteiger partial charge in [-0.05, 0) is 31.0 Å². The number of carbonyl (C=O) groups excluding carboxylic acids is 2. The van der Waals surface area contributed by atoms with Gasteiger partial charge in [0.1, 0.15) is 5.82 Å². The SMILES string of the molecule is CCOC(=O)N1CCN(C(=O)CCc2cccc(F)c2)CC1. The summed E-state index contributed by atoms with van der Waals surface area (Å²) in [5, 5.41) is 0. The van der Waals surface area contributed by atoms with E-state index in [0.29, 0.717) is 45.6 Å². The summed E-state index contributed by atoms with van der Waals surface area (Å²) in [5.74, 6) is -0.249. The Labute approximate surface area is 129 Å². The molecule has 2 rings (SSSR count). The number of aryl methyl sites for hydroxylation is 1. The summed E-state index contributed by atoms with van der Waals surface area (Å²) in [7, 11) is 0. The molecule has 1 aliphatic rings. The zero-order chi connectivity index (χ0) is 15.9. The van der Waals surface area contributed by atoms with Crippen LogP contribution in [-0.4, -0.2) is 54.6 Å². The Hall–Kier alpha value is -2.11. The van der Waals surface area contributed by atoms with E-state index in [1.54, 1.807) is 22.8 Å². The van der Waals surface area contributed by atoms with Crippen LogP contribution in [0.4, 0.5) is 9.18 Å². The average molecular weight is 308 g/mol. The smallest absolute Gasteiger partial charge is 0.409 e. The summed E-state index contributed by atoms with van der Waals surface area (Å²) in [4.78, 5) is 27.1. The van der Waals surface area contributed by atoms with Crippen molar-refractivity contribution in [3.8, 4) is 0 Å². The van der Waals surface area contributed by atoms with Gasteiger partial charge in [0.2, 0.25) is 5.91 Å². The first-order valence-electron chi connectivity index (χ1n) is 7.54. The highest BCUT2D eigenvalue weighted by Gasteiger charge is 2.24. The molecule has 2 amide bonds. The fourth-order valence-corrected chi connectivity index (χ4v) is 2.46. The number of hydrogen-bond acceptors (Lipinski definition) is 3. The third-order valence-corrected chi connectivity index (χ3v) is 3.67. The van der Waals surface area contributed by atoms with Gasteiger partial charge in [-0.1, -0.05) is 12.1 Å². The van der Waals surface area contributed by atoms with Gasteiger partial charge in [0, 0.05) is 32.6 Å². The number of hydrogen-bond donors (Lipinski definition) is 0. The molecule has 0 N–H and O–H groups in total. The van der Waals surface area contributed by atoms with Crippen LogP contribution in [0.5, 0.6) is 0 Å². The van der Waals surface area contributed by atoms with Crippen molar-refractivity contribution < 1.29 is 18.7 Å². The Morgan fingerprint density at radius 1 is 1.18 bits per heavy atom. The van der Waals surface area contributed by atoms with Crippen molar-refractivity contribution in [2.24, 2.45) is 0 Å². The zero-order valence-corrected chi connectivity index (χ0v) is 12.8. The van der Waals surface area contributed by atoms with E-state index in [2.05, 4.69) is 0 Å². The van der Waals surface area contributed by atoms with Crippen LogP contribution >= 0.6 is 0 Å². The lowest BCUT2D eigenvalue weighted by molar-refractivity contribution is -0.132. The lowest BCUT2D eigenvalue weighted by Crippen LogP contribution is -2.50. The van der Waals surface area contributed by atoms with Gasteiger partial charge in [0.25, 0.3) is 0 Å². The van der Waals surface area contributed by atoms with E-state index in [1.165, 1.54) is 12.1 Å². The molecule has 1 heterocycles.